The quantitative estimate of drug-likeness (QED) is 0.700. The van der Waals surface area contributed by atoms with Crippen LogP contribution in [0.1, 0.15) is 16.2 Å². The highest BCUT2D eigenvalue weighted by molar-refractivity contribution is 7.89. The molecule has 0 unspecified atom stereocenters. The summed E-state index contributed by atoms with van der Waals surface area (Å²) in [6.07, 6.45) is 1.86. The van der Waals surface area contributed by atoms with Crippen molar-refractivity contribution in [2.45, 2.75) is 11.4 Å². The van der Waals surface area contributed by atoms with Crippen LogP contribution in [0.5, 0.6) is 0 Å². The number of imidazole rings is 1. The fraction of sp³-hybridized carbons (Fsp3) is 0.176. The van der Waals surface area contributed by atoms with Crippen LogP contribution in [0.3, 0.4) is 0 Å². The molecule has 3 rings (SSSR count). The normalized spacial score (nSPS) is 11.8. The van der Waals surface area contributed by atoms with Crippen molar-refractivity contribution in [3.8, 4) is 0 Å². The minimum Gasteiger partial charge on any atom is -0.321 e. The lowest BCUT2D eigenvalue weighted by atomic mass is 10.2. The van der Waals surface area contributed by atoms with E-state index in [0.717, 1.165) is 5.69 Å². The monoisotopic (exact) mass is 373 g/mol. The Balaban J connectivity index is 1.92. The van der Waals surface area contributed by atoms with Crippen molar-refractivity contribution in [1.29, 1.82) is 0 Å². The molecule has 8 nitrogen and oxygen atoms in total. The molecule has 0 saturated carbocycles. The van der Waals surface area contributed by atoms with Crippen molar-refractivity contribution >= 4 is 27.3 Å². The highest BCUT2D eigenvalue weighted by Gasteiger charge is 2.19. The number of hydrogen-bond acceptors (Lipinski definition) is 5. The number of rotatable bonds is 5. The molecule has 9 heteroatoms. The SMILES string of the molecule is CN(C)Cc1c(C(=O)Nc2ccc(S(N)(=O)=O)cc2)nc2ccccn12. The van der Waals surface area contributed by atoms with Crippen LogP contribution < -0.4 is 10.5 Å². The molecular weight excluding hydrogens is 354 g/mol. The lowest BCUT2D eigenvalue weighted by Crippen LogP contribution is -2.19. The second-order valence-corrected chi connectivity index (χ2v) is 7.66. The van der Waals surface area contributed by atoms with Crippen LogP contribution in [-0.4, -0.2) is 42.7 Å². The molecule has 1 amide bonds. The summed E-state index contributed by atoms with van der Waals surface area (Å²) >= 11 is 0. The summed E-state index contributed by atoms with van der Waals surface area (Å²) in [5.41, 5.74) is 2.22. The molecular formula is C17H19N5O3S. The number of carbonyl (C=O) groups excluding carboxylic acids is 1. The Kier molecular flexibility index (Phi) is 4.77. The number of fused-ring (bicyclic) bond motifs is 1. The number of nitrogens with one attached hydrogen (secondary N) is 1. The van der Waals surface area contributed by atoms with Gasteiger partial charge in [-0.05, 0) is 50.5 Å². The molecule has 0 aliphatic heterocycles. The van der Waals surface area contributed by atoms with E-state index in [4.69, 9.17) is 5.14 Å². The predicted molar refractivity (Wildman–Crippen MR) is 98.4 cm³/mol. The van der Waals surface area contributed by atoms with Gasteiger partial charge in [0, 0.05) is 18.4 Å². The number of amides is 1. The summed E-state index contributed by atoms with van der Waals surface area (Å²) in [6, 6.07) is 11.2. The molecule has 136 valence electrons. The number of carbonyl (C=O) groups is 1. The Morgan fingerprint density at radius 1 is 1.19 bits per heavy atom. The van der Waals surface area contributed by atoms with Gasteiger partial charge in [-0.3, -0.25) is 4.79 Å². The minimum atomic E-state index is -3.77. The first-order valence-electron chi connectivity index (χ1n) is 7.80. The van der Waals surface area contributed by atoms with Crippen molar-refractivity contribution in [2.75, 3.05) is 19.4 Å². The number of aromatic nitrogens is 2. The van der Waals surface area contributed by atoms with Crippen LogP contribution in [0.4, 0.5) is 5.69 Å². The van der Waals surface area contributed by atoms with Crippen molar-refractivity contribution in [1.82, 2.24) is 14.3 Å². The molecule has 0 fully saturated rings. The molecule has 26 heavy (non-hydrogen) atoms. The first-order chi connectivity index (χ1) is 12.3. The lowest BCUT2D eigenvalue weighted by molar-refractivity contribution is 0.102. The molecule has 0 bridgehead atoms. The molecule has 0 radical (unpaired) electrons. The number of pyridine rings is 1. The van der Waals surface area contributed by atoms with Gasteiger partial charge in [0.05, 0.1) is 10.6 Å². The lowest BCUT2D eigenvalue weighted by Gasteiger charge is -2.11. The molecule has 0 spiro atoms. The number of sulfonamides is 1. The molecule has 3 N–H and O–H groups in total. The number of benzene rings is 1. The summed E-state index contributed by atoms with van der Waals surface area (Å²) < 4.78 is 24.5. The second-order valence-electron chi connectivity index (χ2n) is 6.10. The maximum atomic E-state index is 12.7. The average molecular weight is 373 g/mol. The third-order valence-electron chi connectivity index (χ3n) is 3.75. The number of nitrogens with zero attached hydrogens (tertiary/aromatic N) is 3. The number of hydrogen-bond donors (Lipinski definition) is 2. The molecule has 1 aromatic carbocycles. The molecule has 0 saturated heterocycles. The van der Waals surface area contributed by atoms with Crippen molar-refractivity contribution in [3.05, 3.63) is 60.0 Å². The smallest absolute Gasteiger partial charge is 0.276 e. The van der Waals surface area contributed by atoms with Gasteiger partial charge in [-0.2, -0.15) is 0 Å². The Labute approximate surface area is 151 Å². The van der Waals surface area contributed by atoms with E-state index in [9.17, 15) is 13.2 Å². The van der Waals surface area contributed by atoms with E-state index in [1.54, 1.807) is 0 Å². The van der Waals surface area contributed by atoms with Gasteiger partial charge in [-0.1, -0.05) is 6.07 Å². The highest BCUT2D eigenvalue weighted by atomic mass is 32.2. The number of nitrogens with two attached hydrogens (primary N) is 1. The van der Waals surface area contributed by atoms with Gasteiger partial charge in [0.1, 0.15) is 5.65 Å². The third kappa shape index (κ3) is 3.74. The van der Waals surface area contributed by atoms with Crippen LogP contribution in [-0.2, 0) is 16.6 Å². The van der Waals surface area contributed by atoms with Crippen LogP contribution in [0.2, 0.25) is 0 Å². The highest BCUT2D eigenvalue weighted by Crippen LogP contribution is 2.18. The van der Waals surface area contributed by atoms with Gasteiger partial charge < -0.3 is 14.6 Å². The van der Waals surface area contributed by atoms with E-state index in [-0.39, 0.29) is 10.8 Å². The topological polar surface area (TPSA) is 110 Å². The maximum absolute atomic E-state index is 12.7. The zero-order chi connectivity index (χ0) is 18.9. The third-order valence-corrected chi connectivity index (χ3v) is 4.68. The molecule has 0 aliphatic carbocycles. The standard InChI is InChI=1S/C17H19N5O3S/c1-21(2)11-14-16(20-15-5-3-4-10-22(14)15)17(23)19-12-6-8-13(9-7-12)26(18,24)25/h3-10H,11H2,1-2H3,(H,19,23)(H2,18,24,25). The Morgan fingerprint density at radius 2 is 1.88 bits per heavy atom. The first-order valence-corrected chi connectivity index (χ1v) is 9.35. The van der Waals surface area contributed by atoms with E-state index in [1.165, 1.54) is 24.3 Å². The summed E-state index contributed by atoms with van der Waals surface area (Å²) in [7, 11) is 0.0537. The largest absolute Gasteiger partial charge is 0.321 e. The minimum absolute atomic E-state index is 0.0171. The van der Waals surface area contributed by atoms with E-state index >= 15 is 0 Å². The first kappa shape index (κ1) is 18.1. The van der Waals surface area contributed by atoms with Crippen LogP contribution in [0.25, 0.3) is 5.65 Å². The van der Waals surface area contributed by atoms with Gasteiger partial charge >= 0.3 is 0 Å². The van der Waals surface area contributed by atoms with E-state index in [1.807, 2.05) is 47.8 Å². The maximum Gasteiger partial charge on any atom is 0.276 e. The van der Waals surface area contributed by atoms with E-state index in [2.05, 4.69) is 10.3 Å². The van der Waals surface area contributed by atoms with E-state index in [0.29, 0.717) is 23.6 Å². The van der Waals surface area contributed by atoms with Crippen LogP contribution in [0.15, 0.2) is 53.6 Å². The van der Waals surface area contributed by atoms with Crippen LogP contribution in [0, 0.1) is 0 Å². The number of primary sulfonamides is 1. The summed E-state index contributed by atoms with van der Waals surface area (Å²) in [5.74, 6) is -0.367. The number of anilines is 1. The Hall–Kier alpha value is -2.75. The van der Waals surface area contributed by atoms with Gasteiger partial charge in [0.15, 0.2) is 5.69 Å². The van der Waals surface area contributed by atoms with Gasteiger partial charge in [0.2, 0.25) is 10.0 Å². The van der Waals surface area contributed by atoms with E-state index < -0.39 is 10.0 Å². The van der Waals surface area contributed by atoms with Gasteiger partial charge in [0.25, 0.3) is 5.91 Å². The van der Waals surface area contributed by atoms with Crippen molar-refractivity contribution in [2.24, 2.45) is 5.14 Å². The summed E-state index contributed by atoms with van der Waals surface area (Å²) in [4.78, 5) is 19.1. The zero-order valence-corrected chi connectivity index (χ0v) is 15.2. The zero-order valence-electron chi connectivity index (χ0n) is 14.4. The van der Waals surface area contributed by atoms with Gasteiger partial charge in [-0.15, -0.1) is 0 Å². The van der Waals surface area contributed by atoms with Crippen molar-refractivity contribution < 1.29 is 13.2 Å². The molecule has 0 aliphatic rings. The van der Waals surface area contributed by atoms with Crippen LogP contribution >= 0.6 is 0 Å². The molecule has 0 atom stereocenters. The second kappa shape index (κ2) is 6.87. The van der Waals surface area contributed by atoms with Gasteiger partial charge in [-0.25, -0.2) is 18.5 Å². The molecule has 2 aromatic heterocycles. The predicted octanol–water partition coefficient (Wildman–Crippen LogP) is 1.30. The summed E-state index contributed by atoms with van der Waals surface area (Å²) in [5, 5.41) is 7.82. The average Bonchev–Trinajstić information content (AvgIpc) is 2.93. The van der Waals surface area contributed by atoms with Crippen molar-refractivity contribution in [3.63, 3.8) is 0 Å². The Morgan fingerprint density at radius 3 is 2.50 bits per heavy atom. The fourth-order valence-electron chi connectivity index (χ4n) is 2.60. The Bertz CT molecular complexity index is 1060. The molecule has 3 aromatic rings. The molecule has 2 heterocycles. The summed E-state index contributed by atoms with van der Waals surface area (Å²) in [6.45, 7) is 0.540. The fourth-order valence-corrected chi connectivity index (χ4v) is 3.11.